The van der Waals surface area contributed by atoms with Gasteiger partial charge in [-0.05, 0) is 25.0 Å². The highest BCUT2D eigenvalue weighted by molar-refractivity contribution is 5.78. The fourth-order valence-electron chi connectivity index (χ4n) is 3.80. The minimum Gasteiger partial charge on any atom is -0.366 e. The summed E-state index contributed by atoms with van der Waals surface area (Å²) in [7, 11) is 0. The molecule has 2 N–H and O–H groups in total. The molecule has 2 aliphatic rings. The Hall–Kier alpha value is -2.31. The van der Waals surface area contributed by atoms with Gasteiger partial charge in [-0.15, -0.1) is 0 Å². The van der Waals surface area contributed by atoms with Gasteiger partial charge in [0.15, 0.2) is 0 Å². The predicted molar refractivity (Wildman–Crippen MR) is 103 cm³/mol. The van der Waals surface area contributed by atoms with E-state index in [0.717, 1.165) is 12.8 Å². The van der Waals surface area contributed by atoms with Gasteiger partial charge >= 0.3 is 6.03 Å². The Balaban J connectivity index is 1.34. The van der Waals surface area contributed by atoms with Crippen molar-refractivity contribution in [1.82, 2.24) is 15.5 Å². The first-order chi connectivity index (χ1) is 13.1. The molecule has 3 amide bonds. The number of benzene rings is 1. The van der Waals surface area contributed by atoms with Crippen LogP contribution in [0.4, 0.5) is 14.9 Å². The number of nitrogens with zero attached hydrogens (tertiary/aromatic N) is 2. The molecule has 148 valence electrons. The second-order valence-corrected chi connectivity index (χ2v) is 7.31. The van der Waals surface area contributed by atoms with E-state index in [1.807, 2.05) is 11.0 Å². The number of anilines is 1. The molecule has 1 aliphatic carbocycles. The van der Waals surface area contributed by atoms with Crippen LogP contribution < -0.4 is 15.5 Å². The van der Waals surface area contributed by atoms with Crippen LogP contribution in [0.25, 0.3) is 0 Å². The van der Waals surface area contributed by atoms with Gasteiger partial charge in [0.25, 0.3) is 0 Å². The average molecular weight is 376 g/mol. The summed E-state index contributed by atoms with van der Waals surface area (Å²) in [5.41, 5.74) is 0.581. The second kappa shape index (κ2) is 9.58. The smallest absolute Gasteiger partial charge is 0.317 e. The van der Waals surface area contributed by atoms with Crippen molar-refractivity contribution in [3.8, 4) is 0 Å². The van der Waals surface area contributed by atoms with Crippen LogP contribution in [0.1, 0.15) is 38.5 Å². The summed E-state index contributed by atoms with van der Waals surface area (Å²) in [6.45, 7) is 2.60. The molecule has 7 heteroatoms. The molecule has 2 fully saturated rings. The van der Waals surface area contributed by atoms with E-state index in [0.29, 0.717) is 50.9 Å². The molecular weight excluding hydrogens is 347 g/mol. The van der Waals surface area contributed by atoms with Crippen molar-refractivity contribution in [2.24, 2.45) is 0 Å². The number of urea groups is 1. The SMILES string of the molecule is O=C(CCNC(=O)N1CCN(c2ccccc2F)CC1)NC1CCCCC1. The summed E-state index contributed by atoms with van der Waals surface area (Å²) in [4.78, 5) is 27.9. The van der Waals surface area contributed by atoms with Gasteiger partial charge in [-0.2, -0.15) is 0 Å². The summed E-state index contributed by atoms with van der Waals surface area (Å²) in [5, 5.41) is 5.88. The van der Waals surface area contributed by atoms with Crippen molar-refractivity contribution in [3.63, 3.8) is 0 Å². The zero-order chi connectivity index (χ0) is 19.1. The van der Waals surface area contributed by atoms with Crippen molar-refractivity contribution in [3.05, 3.63) is 30.1 Å². The number of hydrogen-bond acceptors (Lipinski definition) is 3. The van der Waals surface area contributed by atoms with Crippen LogP contribution in [-0.2, 0) is 4.79 Å². The first-order valence-corrected chi connectivity index (χ1v) is 9.95. The molecule has 0 bridgehead atoms. The number of carbonyl (C=O) groups is 2. The molecule has 6 nitrogen and oxygen atoms in total. The zero-order valence-electron chi connectivity index (χ0n) is 15.8. The van der Waals surface area contributed by atoms with Gasteiger partial charge in [0, 0.05) is 45.2 Å². The second-order valence-electron chi connectivity index (χ2n) is 7.31. The standard InChI is InChI=1S/C20H29FN4O2/c21-17-8-4-5-9-18(17)24-12-14-25(15-13-24)20(27)22-11-10-19(26)23-16-6-2-1-3-7-16/h4-5,8-9,16H,1-3,6-7,10-15H2,(H,22,27)(H,23,26). The van der Waals surface area contributed by atoms with Crippen LogP contribution in [0.15, 0.2) is 24.3 Å². The van der Waals surface area contributed by atoms with Crippen LogP contribution in [0.5, 0.6) is 0 Å². The first-order valence-electron chi connectivity index (χ1n) is 9.95. The molecule has 0 spiro atoms. The minimum absolute atomic E-state index is 0.00609. The molecule has 1 heterocycles. The van der Waals surface area contributed by atoms with Crippen molar-refractivity contribution in [1.29, 1.82) is 0 Å². The largest absolute Gasteiger partial charge is 0.366 e. The molecule has 1 aliphatic heterocycles. The van der Waals surface area contributed by atoms with E-state index in [9.17, 15) is 14.0 Å². The van der Waals surface area contributed by atoms with Gasteiger partial charge in [0.2, 0.25) is 5.91 Å². The molecule has 0 radical (unpaired) electrons. The minimum atomic E-state index is -0.237. The van der Waals surface area contributed by atoms with Crippen LogP contribution >= 0.6 is 0 Å². The molecule has 1 saturated heterocycles. The number of nitrogens with one attached hydrogen (secondary N) is 2. The maximum Gasteiger partial charge on any atom is 0.317 e. The van der Waals surface area contributed by atoms with Crippen LogP contribution in [-0.4, -0.2) is 55.6 Å². The monoisotopic (exact) mass is 376 g/mol. The van der Waals surface area contributed by atoms with E-state index >= 15 is 0 Å². The molecule has 27 heavy (non-hydrogen) atoms. The van der Waals surface area contributed by atoms with Gasteiger partial charge in [-0.1, -0.05) is 31.4 Å². The Morgan fingerprint density at radius 1 is 1.04 bits per heavy atom. The third-order valence-electron chi connectivity index (χ3n) is 5.36. The lowest BCUT2D eigenvalue weighted by Gasteiger charge is -2.36. The lowest BCUT2D eigenvalue weighted by atomic mass is 9.95. The maximum absolute atomic E-state index is 13.9. The summed E-state index contributed by atoms with van der Waals surface area (Å²) in [6, 6.07) is 6.84. The third-order valence-corrected chi connectivity index (χ3v) is 5.36. The predicted octanol–water partition coefficient (Wildman–Crippen LogP) is 2.50. The van der Waals surface area contributed by atoms with Crippen LogP contribution in [0.2, 0.25) is 0 Å². The van der Waals surface area contributed by atoms with E-state index in [1.54, 1.807) is 17.0 Å². The number of piperazine rings is 1. The Morgan fingerprint density at radius 2 is 1.74 bits per heavy atom. The number of para-hydroxylation sites is 1. The number of carbonyl (C=O) groups excluding carboxylic acids is 2. The Labute approximate surface area is 160 Å². The van der Waals surface area contributed by atoms with E-state index in [-0.39, 0.29) is 17.8 Å². The van der Waals surface area contributed by atoms with Gasteiger partial charge in [0.1, 0.15) is 5.82 Å². The summed E-state index contributed by atoms with van der Waals surface area (Å²) < 4.78 is 13.9. The molecule has 0 aromatic heterocycles. The number of hydrogen-bond donors (Lipinski definition) is 2. The Kier molecular flexibility index (Phi) is 6.90. The molecule has 1 saturated carbocycles. The van der Waals surface area contributed by atoms with Crippen molar-refractivity contribution in [2.45, 2.75) is 44.6 Å². The zero-order valence-corrected chi connectivity index (χ0v) is 15.8. The molecule has 1 aromatic carbocycles. The fourth-order valence-corrected chi connectivity index (χ4v) is 3.80. The highest BCUT2D eigenvalue weighted by atomic mass is 19.1. The number of rotatable bonds is 5. The molecule has 3 rings (SSSR count). The highest BCUT2D eigenvalue weighted by Crippen LogP contribution is 2.20. The van der Waals surface area contributed by atoms with Gasteiger partial charge in [-0.25, -0.2) is 9.18 Å². The fraction of sp³-hybridized carbons (Fsp3) is 0.600. The van der Waals surface area contributed by atoms with E-state index < -0.39 is 0 Å². The number of amides is 3. The quantitative estimate of drug-likeness (QED) is 0.830. The molecular formula is C20H29FN4O2. The Bertz CT molecular complexity index is 641. The van der Waals surface area contributed by atoms with Crippen LogP contribution in [0.3, 0.4) is 0 Å². The lowest BCUT2D eigenvalue weighted by Crippen LogP contribution is -2.52. The first kappa shape index (κ1) is 19.5. The van der Waals surface area contributed by atoms with Gasteiger partial charge in [0.05, 0.1) is 5.69 Å². The van der Waals surface area contributed by atoms with E-state index in [2.05, 4.69) is 10.6 Å². The summed E-state index contributed by atoms with van der Waals surface area (Å²) >= 11 is 0. The van der Waals surface area contributed by atoms with E-state index in [1.165, 1.54) is 25.3 Å². The van der Waals surface area contributed by atoms with Gasteiger partial charge in [-0.3, -0.25) is 4.79 Å². The van der Waals surface area contributed by atoms with Crippen molar-refractivity contribution >= 4 is 17.6 Å². The maximum atomic E-state index is 13.9. The van der Waals surface area contributed by atoms with Crippen molar-refractivity contribution in [2.75, 3.05) is 37.6 Å². The highest BCUT2D eigenvalue weighted by Gasteiger charge is 2.22. The molecule has 1 aromatic rings. The summed E-state index contributed by atoms with van der Waals surface area (Å²) in [5.74, 6) is -0.231. The van der Waals surface area contributed by atoms with Crippen molar-refractivity contribution < 1.29 is 14.0 Å². The number of halogens is 1. The lowest BCUT2D eigenvalue weighted by molar-refractivity contribution is -0.121. The summed E-state index contributed by atoms with van der Waals surface area (Å²) in [6.07, 6.45) is 6.04. The molecule has 0 atom stereocenters. The Morgan fingerprint density at radius 3 is 2.44 bits per heavy atom. The third kappa shape index (κ3) is 5.58. The van der Waals surface area contributed by atoms with Gasteiger partial charge < -0.3 is 20.4 Å². The van der Waals surface area contributed by atoms with Crippen LogP contribution in [0, 0.1) is 5.82 Å². The van der Waals surface area contributed by atoms with E-state index in [4.69, 9.17) is 0 Å². The molecule has 0 unspecified atom stereocenters. The topological polar surface area (TPSA) is 64.7 Å². The normalized spacial score (nSPS) is 18.3. The average Bonchev–Trinajstić information content (AvgIpc) is 2.69.